The molecule has 0 amide bonds. The highest BCUT2D eigenvalue weighted by atomic mass is 19.1. The van der Waals surface area contributed by atoms with Gasteiger partial charge in [0.05, 0.1) is 12.6 Å². The second-order valence-electron chi connectivity index (χ2n) is 3.62. The Labute approximate surface area is 97.2 Å². The number of benzene rings is 1. The number of rotatable bonds is 3. The molecule has 1 aliphatic heterocycles. The van der Waals surface area contributed by atoms with Gasteiger partial charge >= 0.3 is 0 Å². The van der Waals surface area contributed by atoms with Gasteiger partial charge in [0.1, 0.15) is 5.82 Å². The van der Waals surface area contributed by atoms with Crippen LogP contribution in [0.3, 0.4) is 0 Å². The molecule has 0 bridgehead atoms. The summed E-state index contributed by atoms with van der Waals surface area (Å²) in [6, 6.07) is 5.92. The molecule has 1 aromatic rings. The number of nitrogens with zero attached hydrogens (tertiary/aromatic N) is 5. The smallest absolute Gasteiger partial charge is 0.196 e. The lowest BCUT2D eigenvalue weighted by Gasteiger charge is -2.25. The van der Waals surface area contributed by atoms with Crippen LogP contribution in [-0.2, 0) is 0 Å². The Bertz CT molecular complexity index is 493. The van der Waals surface area contributed by atoms with Crippen LogP contribution in [0.2, 0.25) is 0 Å². The fourth-order valence-corrected chi connectivity index (χ4v) is 1.78. The van der Waals surface area contributed by atoms with E-state index in [1.54, 1.807) is 17.0 Å². The van der Waals surface area contributed by atoms with Crippen molar-refractivity contribution in [2.45, 2.75) is 6.04 Å². The highest BCUT2D eigenvalue weighted by Gasteiger charge is 2.26. The van der Waals surface area contributed by atoms with Gasteiger partial charge in [-0.15, -0.1) is 0 Å². The monoisotopic (exact) mass is 234 g/mol. The van der Waals surface area contributed by atoms with Gasteiger partial charge in [0.25, 0.3) is 0 Å². The number of azide groups is 1. The van der Waals surface area contributed by atoms with Crippen molar-refractivity contribution in [3.8, 4) is 0 Å². The summed E-state index contributed by atoms with van der Waals surface area (Å²) in [7, 11) is 0. The standard InChI is InChI=1S/C10H11FN6/c11-7-2-1-3-8(4-7)17-9(6-15-16-13)5-14-10(17)12/h1-4,9H,5-6H2,(H2,12,14). The van der Waals surface area contributed by atoms with Crippen LogP contribution in [0.1, 0.15) is 0 Å². The van der Waals surface area contributed by atoms with Crippen LogP contribution < -0.4 is 10.6 Å². The summed E-state index contributed by atoms with van der Waals surface area (Å²) in [5.74, 6) is -0.0292. The Balaban J connectivity index is 2.27. The lowest BCUT2D eigenvalue weighted by Crippen LogP contribution is -2.42. The lowest BCUT2D eigenvalue weighted by atomic mass is 10.2. The molecular formula is C10H11FN6. The van der Waals surface area contributed by atoms with Crippen molar-refractivity contribution in [1.82, 2.24) is 0 Å². The van der Waals surface area contributed by atoms with Gasteiger partial charge in [-0.1, -0.05) is 11.2 Å². The number of aliphatic imine (C=N–C) groups is 1. The summed E-state index contributed by atoms with van der Waals surface area (Å²) in [4.78, 5) is 8.45. The highest BCUT2D eigenvalue weighted by molar-refractivity contribution is 5.97. The normalized spacial score (nSPS) is 18.8. The molecule has 2 rings (SSSR count). The molecule has 0 aromatic heterocycles. The first-order chi connectivity index (χ1) is 8.22. The van der Waals surface area contributed by atoms with Crippen molar-refractivity contribution in [2.24, 2.45) is 15.8 Å². The maximum absolute atomic E-state index is 13.1. The third-order valence-electron chi connectivity index (χ3n) is 2.52. The molecule has 6 nitrogen and oxygen atoms in total. The third kappa shape index (κ3) is 2.29. The van der Waals surface area contributed by atoms with Crippen LogP contribution in [0.25, 0.3) is 10.4 Å². The molecule has 1 aliphatic rings. The molecule has 2 N–H and O–H groups in total. The predicted molar refractivity (Wildman–Crippen MR) is 63.2 cm³/mol. The molecule has 0 fully saturated rings. The zero-order valence-electron chi connectivity index (χ0n) is 8.99. The first kappa shape index (κ1) is 11.2. The topological polar surface area (TPSA) is 90.4 Å². The molecule has 1 heterocycles. The average Bonchev–Trinajstić information content (AvgIpc) is 2.68. The van der Waals surface area contributed by atoms with E-state index in [4.69, 9.17) is 11.3 Å². The van der Waals surface area contributed by atoms with E-state index in [0.717, 1.165) is 0 Å². The predicted octanol–water partition coefficient (Wildman–Crippen LogP) is 1.64. The van der Waals surface area contributed by atoms with Crippen LogP contribution in [0, 0.1) is 5.82 Å². The Kier molecular flexibility index (Phi) is 3.11. The molecular weight excluding hydrogens is 223 g/mol. The Morgan fingerprint density at radius 2 is 2.47 bits per heavy atom. The van der Waals surface area contributed by atoms with Gasteiger partial charge in [-0.2, -0.15) is 0 Å². The van der Waals surface area contributed by atoms with Crippen molar-refractivity contribution in [3.63, 3.8) is 0 Å². The van der Waals surface area contributed by atoms with Crippen LogP contribution in [0.5, 0.6) is 0 Å². The molecule has 17 heavy (non-hydrogen) atoms. The molecule has 1 aromatic carbocycles. The third-order valence-corrected chi connectivity index (χ3v) is 2.52. The van der Waals surface area contributed by atoms with E-state index in [2.05, 4.69) is 15.0 Å². The molecule has 88 valence electrons. The largest absolute Gasteiger partial charge is 0.370 e. The molecule has 1 atom stereocenters. The average molecular weight is 234 g/mol. The fraction of sp³-hybridized carbons (Fsp3) is 0.300. The summed E-state index contributed by atoms with van der Waals surface area (Å²) in [6.45, 7) is 0.693. The van der Waals surface area contributed by atoms with Gasteiger partial charge in [-0.3, -0.25) is 4.99 Å². The zero-order valence-corrected chi connectivity index (χ0v) is 8.99. The molecule has 0 saturated carbocycles. The van der Waals surface area contributed by atoms with Crippen molar-refractivity contribution < 1.29 is 4.39 Å². The van der Waals surface area contributed by atoms with Crippen LogP contribution >= 0.6 is 0 Å². The maximum Gasteiger partial charge on any atom is 0.196 e. The van der Waals surface area contributed by atoms with Crippen LogP contribution in [0.4, 0.5) is 10.1 Å². The first-order valence-electron chi connectivity index (χ1n) is 5.08. The van der Waals surface area contributed by atoms with Gasteiger partial charge in [-0.25, -0.2) is 4.39 Å². The number of hydrogen-bond donors (Lipinski definition) is 1. The SMILES string of the molecule is [N-]=[N+]=NCC1CN=C(N)N1c1cccc(F)c1. The fourth-order valence-electron chi connectivity index (χ4n) is 1.78. The van der Waals surface area contributed by atoms with Crippen molar-refractivity contribution >= 4 is 11.6 Å². The number of anilines is 1. The van der Waals surface area contributed by atoms with E-state index in [9.17, 15) is 4.39 Å². The van der Waals surface area contributed by atoms with E-state index in [-0.39, 0.29) is 18.4 Å². The number of halogens is 1. The van der Waals surface area contributed by atoms with Gasteiger partial charge in [0, 0.05) is 17.1 Å². The number of nitrogens with two attached hydrogens (primary N) is 1. The van der Waals surface area contributed by atoms with Crippen molar-refractivity contribution in [2.75, 3.05) is 18.0 Å². The van der Waals surface area contributed by atoms with Crippen molar-refractivity contribution in [1.29, 1.82) is 0 Å². The van der Waals surface area contributed by atoms with Gasteiger partial charge in [0.2, 0.25) is 0 Å². The zero-order chi connectivity index (χ0) is 12.3. The van der Waals surface area contributed by atoms with E-state index in [1.165, 1.54) is 12.1 Å². The summed E-state index contributed by atoms with van der Waals surface area (Å²) in [5.41, 5.74) is 14.7. The molecule has 0 aliphatic carbocycles. The first-order valence-corrected chi connectivity index (χ1v) is 5.08. The van der Waals surface area contributed by atoms with Crippen LogP contribution in [0.15, 0.2) is 34.4 Å². The molecule has 0 saturated heterocycles. The molecule has 7 heteroatoms. The minimum atomic E-state index is -0.343. The highest BCUT2D eigenvalue weighted by Crippen LogP contribution is 2.21. The van der Waals surface area contributed by atoms with E-state index >= 15 is 0 Å². The van der Waals surface area contributed by atoms with E-state index < -0.39 is 0 Å². The van der Waals surface area contributed by atoms with Crippen molar-refractivity contribution in [3.05, 3.63) is 40.5 Å². The minimum Gasteiger partial charge on any atom is -0.370 e. The van der Waals surface area contributed by atoms with E-state index in [0.29, 0.717) is 18.2 Å². The summed E-state index contributed by atoms with van der Waals surface area (Å²) >= 11 is 0. The maximum atomic E-state index is 13.1. The molecule has 0 spiro atoms. The Morgan fingerprint density at radius 1 is 1.65 bits per heavy atom. The second kappa shape index (κ2) is 4.71. The summed E-state index contributed by atoms with van der Waals surface area (Å²) < 4.78 is 13.1. The number of guanidine groups is 1. The summed E-state index contributed by atoms with van der Waals surface area (Å²) in [6.07, 6.45) is 0. The quantitative estimate of drug-likeness (QED) is 0.489. The Morgan fingerprint density at radius 3 is 3.18 bits per heavy atom. The second-order valence-corrected chi connectivity index (χ2v) is 3.62. The van der Waals surface area contributed by atoms with Crippen LogP contribution in [-0.4, -0.2) is 25.1 Å². The molecule has 1 unspecified atom stereocenters. The Hall–Kier alpha value is -2.27. The number of hydrogen-bond acceptors (Lipinski definition) is 4. The van der Waals surface area contributed by atoms with Gasteiger partial charge in [0.15, 0.2) is 5.96 Å². The van der Waals surface area contributed by atoms with Gasteiger partial charge in [-0.05, 0) is 23.7 Å². The summed E-state index contributed by atoms with van der Waals surface area (Å²) in [5, 5.41) is 3.50. The molecule has 0 radical (unpaired) electrons. The minimum absolute atomic E-state index is 0.146. The lowest BCUT2D eigenvalue weighted by molar-refractivity contribution is 0.626. The van der Waals surface area contributed by atoms with E-state index in [1.807, 2.05) is 0 Å². The van der Waals surface area contributed by atoms with Gasteiger partial charge < -0.3 is 10.6 Å².